The van der Waals surface area contributed by atoms with E-state index in [0.29, 0.717) is 0 Å². The Kier molecular flexibility index (Phi) is 3.23. The maximum atomic E-state index is 9.82. The van der Waals surface area contributed by atoms with Gasteiger partial charge in [0.1, 0.15) is 0 Å². The largest absolute Gasteiger partial charge is 0.387 e. The average Bonchev–Trinajstić information content (AvgIpc) is 2.81. The highest BCUT2D eigenvalue weighted by Gasteiger charge is 2.18. The molecule has 0 aliphatic carbocycles. The van der Waals surface area contributed by atoms with Gasteiger partial charge in [0.2, 0.25) is 0 Å². The molecule has 0 saturated carbocycles. The fourth-order valence-corrected chi connectivity index (χ4v) is 2.14. The first-order chi connectivity index (χ1) is 7.33. The highest BCUT2D eigenvalue weighted by atomic mass is 16.3. The molecule has 1 aliphatic rings. The molecule has 82 valence electrons. The molecule has 2 rings (SSSR count). The van der Waals surface area contributed by atoms with E-state index in [9.17, 15) is 5.11 Å². The van der Waals surface area contributed by atoms with E-state index < -0.39 is 6.10 Å². The molecule has 1 aromatic rings. The predicted octanol–water partition coefficient (Wildman–Crippen LogP) is 1.28. The third kappa shape index (κ3) is 2.13. The van der Waals surface area contributed by atoms with Crippen molar-refractivity contribution < 1.29 is 5.11 Å². The highest BCUT2D eigenvalue weighted by molar-refractivity contribution is 5.55. The summed E-state index contributed by atoms with van der Waals surface area (Å²) in [5, 5.41) is 9.82. The highest BCUT2D eigenvalue weighted by Crippen LogP contribution is 2.28. The SMILES string of the molecule is NC[C@@H](O)c1ccccc1N1CCCC1. The second-order valence-electron chi connectivity index (χ2n) is 4.00. The fraction of sp³-hybridized carbons (Fsp3) is 0.500. The minimum atomic E-state index is -0.540. The molecule has 0 bridgehead atoms. The lowest BCUT2D eigenvalue weighted by atomic mass is 10.1. The maximum absolute atomic E-state index is 9.82. The van der Waals surface area contributed by atoms with Crippen LogP contribution in [0.25, 0.3) is 0 Å². The Morgan fingerprint density at radius 3 is 2.60 bits per heavy atom. The monoisotopic (exact) mass is 206 g/mol. The van der Waals surface area contributed by atoms with Crippen LogP contribution in [0.2, 0.25) is 0 Å². The van der Waals surface area contributed by atoms with Gasteiger partial charge in [-0.25, -0.2) is 0 Å². The van der Waals surface area contributed by atoms with Crippen molar-refractivity contribution in [3.8, 4) is 0 Å². The molecule has 3 nitrogen and oxygen atoms in total. The zero-order valence-corrected chi connectivity index (χ0v) is 8.89. The van der Waals surface area contributed by atoms with Crippen molar-refractivity contribution in [2.24, 2.45) is 5.73 Å². The van der Waals surface area contributed by atoms with E-state index in [0.717, 1.165) is 24.3 Å². The van der Waals surface area contributed by atoms with E-state index >= 15 is 0 Å². The second kappa shape index (κ2) is 4.64. The molecular formula is C12H18N2O. The van der Waals surface area contributed by atoms with Crippen molar-refractivity contribution in [1.82, 2.24) is 0 Å². The minimum absolute atomic E-state index is 0.283. The van der Waals surface area contributed by atoms with Gasteiger partial charge in [-0.1, -0.05) is 18.2 Å². The van der Waals surface area contributed by atoms with Crippen LogP contribution in [0.4, 0.5) is 5.69 Å². The summed E-state index contributed by atoms with van der Waals surface area (Å²) in [4.78, 5) is 2.33. The second-order valence-corrected chi connectivity index (χ2v) is 4.00. The molecular weight excluding hydrogens is 188 g/mol. The first-order valence-corrected chi connectivity index (χ1v) is 5.55. The number of nitrogens with two attached hydrogens (primary N) is 1. The van der Waals surface area contributed by atoms with Gasteiger partial charge in [-0.3, -0.25) is 0 Å². The number of rotatable bonds is 3. The summed E-state index contributed by atoms with van der Waals surface area (Å²) in [6, 6.07) is 8.00. The Bertz CT molecular complexity index is 321. The van der Waals surface area contributed by atoms with E-state index in [2.05, 4.69) is 11.0 Å². The summed E-state index contributed by atoms with van der Waals surface area (Å²) in [6.45, 7) is 2.47. The van der Waals surface area contributed by atoms with Crippen LogP contribution in [0, 0.1) is 0 Å². The molecule has 0 amide bonds. The Hall–Kier alpha value is -1.06. The summed E-state index contributed by atoms with van der Waals surface area (Å²) in [5.74, 6) is 0. The molecule has 1 atom stereocenters. The molecule has 1 saturated heterocycles. The van der Waals surface area contributed by atoms with Gasteiger partial charge < -0.3 is 15.7 Å². The van der Waals surface area contributed by atoms with Crippen molar-refractivity contribution >= 4 is 5.69 Å². The number of aliphatic hydroxyl groups is 1. The van der Waals surface area contributed by atoms with Crippen LogP contribution >= 0.6 is 0 Å². The number of hydrogen-bond donors (Lipinski definition) is 2. The van der Waals surface area contributed by atoms with Crippen molar-refractivity contribution in [1.29, 1.82) is 0 Å². The topological polar surface area (TPSA) is 49.5 Å². The molecule has 0 unspecified atom stereocenters. The molecule has 0 spiro atoms. The van der Waals surface area contributed by atoms with E-state index in [4.69, 9.17) is 5.73 Å². The number of anilines is 1. The molecule has 1 heterocycles. The number of aliphatic hydroxyl groups excluding tert-OH is 1. The quantitative estimate of drug-likeness (QED) is 0.783. The van der Waals surface area contributed by atoms with Crippen LogP contribution in [0.1, 0.15) is 24.5 Å². The van der Waals surface area contributed by atoms with Crippen LogP contribution in [-0.2, 0) is 0 Å². The summed E-state index contributed by atoms with van der Waals surface area (Å²) < 4.78 is 0. The first-order valence-electron chi connectivity index (χ1n) is 5.55. The Balaban J connectivity index is 2.28. The normalized spacial score (nSPS) is 18.1. The van der Waals surface area contributed by atoms with Crippen LogP contribution in [0.5, 0.6) is 0 Å². The summed E-state index contributed by atoms with van der Waals surface area (Å²) in [6.07, 6.45) is 1.95. The average molecular weight is 206 g/mol. The molecule has 3 heteroatoms. The van der Waals surface area contributed by atoms with Crippen LogP contribution in [-0.4, -0.2) is 24.7 Å². The number of benzene rings is 1. The van der Waals surface area contributed by atoms with Crippen molar-refractivity contribution in [3.05, 3.63) is 29.8 Å². The summed E-state index contributed by atoms with van der Waals surface area (Å²) >= 11 is 0. The van der Waals surface area contributed by atoms with Crippen molar-refractivity contribution in [2.75, 3.05) is 24.5 Å². The predicted molar refractivity (Wildman–Crippen MR) is 61.9 cm³/mol. The van der Waals surface area contributed by atoms with E-state index in [1.165, 1.54) is 12.8 Å². The zero-order chi connectivity index (χ0) is 10.7. The minimum Gasteiger partial charge on any atom is -0.387 e. The van der Waals surface area contributed by atoms with Crippen LogP contribution in [0.3, 0.4) is 0 Å². The van der Waals surface area contributed by atoms with Crippen molar-refractivity contribution in [2.45, 2.75) is 18.9 Å². The molecule has 1 aromatic carbocycles. The molecule has 0 aromatic heterocycles. The lowest BCUT2D eigenvalue weighted by molar-refractivity contribution is 0.187. The van der Waals surface area contributed by atoms with Gasteiger partial charge in [0.15, 0.2) is 0 Å². The third-order valence-corrected chi connectivity index (χ3v) is 2.97. The lowest BCUT2D eigenvalue weighted by Gasteiger charge is -2.23. The standard InChI is InChI=1S/C12H18N2O/c13-9-12(15)10-5-1-2-6-11(10)14-7-3-4-8-14/h1-2,5-6,12,15H,3-4,7-9,13H2/t12-/m1/s1. The summed E-state index contributed by atoms with van der Waals surface area (Å²) in [7, 11) is 0. The molecule has 15 heavy (non-hydrogen) atoms. The Morgan fingerprint density at radius 1 is 1.27 bits per heavy atom. The molecule has 1 fully saturated rings. The fourth-order valence-electron chi connectivity index (χ4n) is 2.14. The maximum Gasteiger partial charge on any atom is 0.0932 e. The van der Waals surface area contributed by atoms with Gasteiger partial charge in [0.05, 0.1) is 6.10 Å². The van der Waals surface area contributed by atoms with Gasteiger partial charge in [0, 0.05) is 30.9 Å². The first kappa shape index (κ1) is 10.5. The zero-order valence-electron chi connectivity index (χ0n) is 8.89. The third-order valence-electron chi connectivity index (χ3n) is 2.97. The number of para-hydroxylation sites is 1. The van der Waals surface area contributed by atoms with Crippen LogP contribution < -0.4 is 10.6 Å². The van der Waals surface area contributed by atoms with Gasteiger partial charge in [-0.05, 0) is 18.9 Å². The Morgan fingerprint density at radius 2 is 1.93 bits per heavy atom. The molecule has 3 N–H and O–H groups in total. The van der Waals surface area contributed by atoms with Crippen molar-refractivity contribution in [3.63, 3.8) is 0 Å². The van der Waals surface area contributed by atoms with E-state index in [-0.39, 0.29) is 6.54 Å². The van der Waals surface area contributed by atoms with Gasteiger partial charge in [0.25, 0.3) is 0 Å². The number of hydrogen-bond acceptors (Lipinski definition) is 3. The Labute approximate surface area is 90.5 Å². The lowest BCUT2D eigenvalue weighted by Crippen LogP contribution is -2.22. The molecule has 1 aliphatic heterocycles. The van der Waals surface area contributed by atoms with E-state index in [1.54, 1.807) is 0 Å². The summed E-state index contributed by atoms with van der Waals surface area (Å²) in [5.41, 5.74) is 7.61. The molecule has 0 radical (unpaired) electrons. The van der Waals surface area contributed by atoms with Gasteiger partial charge in [-0.2, -0.15) is 0 Å². The van der Waals surface area contributed by atoms with Crippen LogP contribution in [0.15, 0.2) is 24.3 Å². The van der Waals surface area contributed by atoms with E-state index in [1.807, 2.05) is 18.2 Å². The number of nitrogens with zero attached hydrogens (tertiary/aromatic N) is 1. The van der Waals surface area contributed by atoms with Gasteiger partial charge >= 0.3 is 0 Å². The smallest absolute Gasteiger partial charge is 0.0932 e. The van der Waals surface area contributed by atoms with Gasteiger partial charge in [-0.15, -0.1) is 0 Å².